The maximum Gasteiger partial charge on any atom is 0.224 e. The van der Waals surface area contributed by atoms with E-state index in [-0.39, 0.29) is 0 Å². The molecular weight excluding hydrogens is 204 g/mol. The summed E-state index contributed by atoms with van der Waals surface area (Å²) in [5, 5.41) is 12.9. The minimum Gasteiger partial charge on any atom is -0.388 e. The van der Waals surface area contributed by atoms with Crippen LogP contribution in [-0.4, -0.2) is 40.8 Å². The molecule has 88 valence electrons. The molecule has 0 radical (unpaired) electrons. The number of aromatic nitrogens is 2. The molecule has 5 nitrogen and oxygen atoms in total. The summed E-state index contributed by atoms with van der Waals surface area (Å²) in [4.78, 5) is 10.7. The Morgan fingerprint density at radius 3 is 2.88 bits per heavy atom. The van der Waals surface area contributed by atoms with E-state index in [4.69, 9.17) is 0 Å². The first kappa shape index (κ1) is 11.1. The van der Waals surface area contributed by atoms with Gasteiger partial charge in [0.05, 0.1) is 5.60 Å². The Bertz CT molecular complexity index is 392. The zero-order chi connectivity index (χ0) is 11.8. The van der Waals surface area contributed by atoms with Crippen molar-refractivity contribution in [1.82, 2.24) is 9.97 Å². The van der Waals surface area contributed by atoms with Crippen molar-refractivity contribution in [1.29, 1.82) is 0 Å². The molecule has 0 bridgehead atoms. The molecule has 1 unspecified atom stereocenters. The standard InChI is InChI=1S/C11H18N4O/c1-8-6-13-10(12-3)14-9(8)15-5-4-11(2,16)7-15/h6,16H,4-5,7H2,1-3H3,(H,12,13,14). The van der Waals surface area contributed by atoms with Crippen LogP contribution < -0.4 is 10.2 Å². The van der Waals surface area contributed by atoms with Gasteiger partial charge >= 0.3 is 0 Å². The van der Waals surface area contributed by atoms with Gasteiger partial charge in [0.2, 0.25) is 5.95 Å². The Kier molecular flexibility index (Phi) is 2.71. The third-order valence-corrected chi connectivity index (χ3v) is 2.92. The first-order valence-corrected chi connectivity index (χ1v) is 5.50. The number of aryl methyl sites for hydroxylation is 1. The second-order valence-electron chi connectivity index (χ2n) is 4.62. The van der Waals surface area contributed by atoms with Gasteiger partial charge in [-0.3, -0.25) is 0 Å². The SMILES string of the molecule is CNc1ncc(C)c(N2CCC(C)(O)C2)n1. The molecule has 2 heterocycles. The molecule has 1 fully saturated rings. The van der Waals surface area contributed by atoms with E-state index in [1.165, 1.54) is 0 Å². The fourth-order valence-corrected chi connectivity index (χ4v) is 2.00. The maximum atomic E-state index is 9.94. The van der Waals surface area contributed by atoms with Gasteiger partial charge in [0, 0.05) is 31.9 Å². The molecule has 1 aliphatic rings. The highest BCUT2D eigenvalue weighted by molar-refractivity contribution is 5.50. The average Bonchev–Trinajstić information content (AvgIpc) is 2.59. The zero-order valence-electron chi connectivity index (χ0n) is 9.99. The summed E-state index contributed by atoms with van der Waals surface area (Å²) < 4.78 is 0. The van der Waals surface area contributed by atoms with Crippen LogP contribution in [0.15, 0.2) is 6.20 Å². The molecule has 1 atom stereocenters. The number of β-amino-alcohol motifs (C(OH)–C–C–N with tert-alkyl or cyclic N) is 1. The van der Waals surface area contributed by atoms with E-state index in [1.54, 1.807) is 13.2 Å². The summed E-state index contributed by atoms with van der Waals surface area (Å²) in [6.07, 6.45) is 2.59. The van der Waals surface area contributed by atoms with Gasteiger partial charge in [0.25, 0.3) is 0 Å². The molecule has 2 N–H and O–H groups in total. The van der Waals surface area contributed by atoms with E-state index in [9.17, 15) is 5.11 Å². The van der Waals surface area contributed by atoms with Crippen LogP contribution in [0.25, 0.3) is 0 Å². The van der Waals surface area contributed by atoms with Gasteiger partial charge in [0.15, 0.2) is 0 Å². The van der Waals surface area contributed by atoms with Crippen molar-refractivity contribution in [3.8, 4) is 0 Å². The molecule has 0 aromatic carbocycles. The number of anilines is 2. The highest BCUT2D eigenvalue weighted by atomic mass is 16.3. The number of nitrogens with zero attached hydrogens (tertiary/aromatic N) is 3. The molecule has 1 saturated heterocycles. The van der Waals surface area contributed by atoms with Gasteiger partial charge in [-0.2, -0.15) is 4.98 Å². The first-order chi connectivity index (χ1) is 7.52. The Hall–Kier alpha value is -1.36. The first-order valence-electron chi connectivity index (χ1n) is 5.50. The molecule has 1 aliphatic heterocycles. The molecule has 1 aromatic rings. The number of rotatable bonds is 2. The van der Waals surface area contributed by atoms with Crippen LogP contribution in [0.5, 0.6) is 0 Å². The Balaban J connectivity index is 2.27. The van der Waals surface area contributed by atoms with Gasteiger partial charge in [-0.05, 0) is 20.3 Å². The lowest BCUT2D eigenvalue weighted by Crippen LogP contribution is -2.30. The Morgan fingerprint density at radius 2 is 2.31 bits per heavy atom. The summed E-state index contributed by atoms with van der Waals surface area (Å²) in [6.45, 7) is 5.33. The van der Waals surface area contributed by atoms with Crippen molar-refractivity contribution in [3.63, 3.8) is 0 Å². The fraction of sp³-hybridized carbons (Fsp3) is 0.636. The molecule has 16 heavy (non-hydrogen) atoms. The van der Waals surface area contributed by atoms with E-state index in [1.807, 2.05) is 13.8 Å². The summed E-state index contributed by atoms with van der Waals surface area (Å²) >= 11 is 0. The van der Waals surface area contributed by atoms with Crippen LogP contribution in [0.3, 0.4) is 0 Å². The number of hydrogen-bond donors (Lipinski definition) is 2. The molecule has 0 saturated carbocycles. The van der Waals surface area contributed by atoms with Crippen molar-refractivity contribution in [3.05, 3.63) is 11.8 Å². The van der Waals surface area contributed by atoms with Crippen LogP contribution in [-0.2, 0) is 0 Å². The second kappa shape index (κ2) is 3.90. The normalized spacial score (nSPS) is 24.9. The van der Waals surface area contributed by atoms with Gasteiger partial charge in [-0.15, -0.1) is 0 Å². The Morgan fingerprint density at radius 1 is 1.56 bits per heavy atom. The van der Waals surface area contributed by atoms with E-state index in [0.29, 0.717) is 12.5 Å². The molecular formula is C11H18N4O. The number of hydrogen-bond acceptors (Lipinski definition) is 5. The number of aliphatic hydroxyl groups is 1. The van der Waals surface area contributed by atoms with Gasteiger partial charge in [-0.1, -0.05) is 0 Å². The van der Waals surface area contributed by atoms with Crippen molar-refractivity contribution >= 4 is 11.8 Å². The number of nitrogens with one attached hydrogen (secondary N) is 1. The highest BCUT2D eigenvalue weighted by Gasteiger charge is 2.32. The molecule has 1 aromatic heterocycles. The van der Waals surface area contributed by atoms with E-state index >= 15 is 0 Å². The van der Waals surface area contributed by atoms with Crippen LogP contribution >= 0.6 is 0 Å². The second-order valence-corrected chi connectivity index (χ2v) is 4.62. The molecule has 0 aliphatic carbocycles. The van der Waals surface area contributed by atoms with Crippen LogP contribution in [0, 0.1) is 6.92 Å². The summed E-state index contributed by atoms with van der Waals surface area (Å²) in [7, 11) is 1.80. The van der Waals surface area contributed by atoms with Gasteiger partial charge in [-0.25, -0.2) is 4.98 Å². The van der Waals surface area contributed by atoms with Gasteiger partial charge < -0.3 is 15.3 Å². The fourth-order valence-electron chi connectivity index (χ4n) is 2.00. The monoisotopic (exact) mass is 222 g/mol. The maximum absolute atomic E-state index is 9.94. The highest BCUT2D eigenvalue weighted by Crippen LogP contribution is 2.27. The summed E-state index contributed by atoms with van der Waals surface area (Å²) in [6, 6.07) is 0. The van der Waals surface area contributed by atoms with Gasteiger partial charge in [0.1, 0.15) is 5.82 Å². The predicted molar refractivity (Wildman–Crippen MR) is 63.8 cm³/mol. The van der Waals surface area contributed by atoms with Crippen LogP contribution in [0.4, 0.5) is 11.8 Å². The van der Waals surface area contributed by atoms with Crippen LogP contribution in [0.1, 0.15) is 18.9 Å². The lowest BCUT2D eigenvalue weighted by atomic mass is 10.1. The lowest BCUT2D eigenvalue weighted by molar-refractivity contribution is 0.0839. The molecule has 0 spiro atoms. The third kappa shape index (κ3) is 2.09. The quantitative estimate of drug-likeness (QED) is 0.774. The van der Waals surface area contributed by atoms with Crippen molar-refractivity contribution in [2.45, 2.75) is 25.9 Å². The minimum absolute atomic E-state index is 0.600. The smallest absolute Gasteiger partial charge is 0.224 e. The van der Waals surface area contributed by atoms with Crippen molar-refractivity contribution in [2.75, 3.05) is 30.4 Å². The largest absolute Gasteiger partial charge is 0.388 e. The lowest BCUT2D eigenvalue weighted by Gasteiger charge is -2.21. The zero-order valence-corrected chi connectivity index (χ0v) is 9.99. The summed E-state index contributed by atoms with van der Waals surface area (Å²) in [5.41, 5.74) is 0.439. The topological polar surface area (TPSA) is 61.3 Å². The average molecular weight is 222 g/mol. The third-order valence-electron chi connectivity index (χ3n) is 2.92. The van der Waals surface area contributed by atoms with E-state index in [0.717, 1.165) is 24.3 Å². The molecule has 2 rings (SSSR count). The summed E-state index contributed by atoms with van der Waals surface area (Å²) in [5.74, 6) is 1.53. The van der Waals surface area contributed by atoms with E-state index < -0.39 is 5.60 Å². The van der Waals surface area contributed by atoms with Crippen molar-refractivity contribution in [2.24, 2.45) is 0 Å². The minimum atomic E-state index is -0.600. The Labute approximate surface area is 95.5 Å². The van der Waals surface area contributed by atoms with E-state index in [2.05, 4.69) is 20.2 Å². The molecule has 0 amide bonds. The molecule has 5 heteroatoms. The van der Waals surface area contributed by atoms with Crippen molar-refractivity contribution < 1.29 is 5.11 Å². The van der Waals surface area contributed by atoms with Crippen LogP contribution in [0.2, 0.25) is 0 Å². The predicted octanol–water partition coefficient (Wildman–Crippen LogP) is 0.788.